The zero-order chi connectivity index (χ0) is 21.3. The van der Waals surface area contributed by atoms with Crippen molar-refractivity contribution in [3.63, 3.8) is 0 Å². The molecule has 8 heteroatoms. The number of nitrogens with zero attached hydrogens (tertiary/aromatic N) is 2. The minimum atomic E-state index is -0.389. The van der Waals surface area contributed by atoms with Crippen LogP contribution in [0.5, 0.6) is 5.75 Å². The van der Waals surface area contributed by atoms with Gasteiger partial charge in [0.2, 0.25) is 5.89 Å². The van der Waals surface area contributed by atoms with Crippen LogP contribution >= 0.6 is 0 Å². The summed E-state index contributed by atoms with van der Waals surface area (Å²) < 4.78 is 37.7. The van der Waals surface area contributed by atoms with Crippen molar-refractivity contribution in [2.75, 3.05) is 20.1 Å². The average Bonchev–Trinajstić information content (AvgIpc) is 3.21. The molecule has 1 aromatic heterocycles. The number of aliphatic imine (C=N–C) groups is 1. The number of hydrogen-bond donors (Lipinski definition) is 2. The molecule has 30 heavy (non-hydrogen) atoms. The lowest BCUT2D eigenvalue weighted by atomic mass is 10.2. The Bertz CT molecular complexity index is 973. The quantitative estimate of drug-likeness (QED) is 0.433. The minimum absolute atomic E-state index is 0.220. The number of oxazole rings is 1. The molecule has 0 aliphatic rings. The monoisotopic (exact) mass is 414 g/mol. The Morgan fingerprint density at radius 3 is 2.63 bits per heavy atom. The maximum atomic E-state index is 13.7. The molecule has 1 atom stereocenters. The molecule has 0 fully saturated rings. The summed E-state index contributed by atoms with van der Waals surface area (Å²) in [6, 6.07) is 12.3. The van der Waals surface area contributed by atoms with Gasteiger partial charge in [0.1, 0.15) is 18.2 Å². The molecule has 1 heterocycles. The Kier molecular flexibility index (Phi) is 7.37. The van der Waals surface area contributed by atoms with E-state index in [9.17, 15) is 8.78 Å². The van der Waals surface area contributed by atoms with Crippen molar-refractivity contribution in [3.05, 3.63) is 72.1 Å². The summed E-state index contributed by atoms with van der Waals surface area (Å²) in [5.74, 6) is 0.576. The van der Waals surface area contributed by atoms with Crippen molar-refractivity contribution in [2.45, 2.75) is 19.4 Å². The first-order valence-corrected chi connectivity index (χ1v) is 9.61. The van der Waals surface area contributed by atoms with Gasteiger partial charge in [0.15, 0.2) is 17.5 Å². The minimum Gasteiger partial charge on any atom is -0.486 e. The predicted molar refractivity (Wildman–Crippen MR) is 111 cm³/mol. The standard InChI is InChI=1S/C22H24F2N4O2/c1-15(30-20-6-4-3-5-19(20)24)13-27-22(25-2)26-12-11-18-14-29-21(28-18)16-7-9-17(23)10-8-16/h3-10,14-15H,11-13H2,1-2H3,(H2,25,26,27). The van der Waals surface area contributed by atoms with E-state index in [-0.39, 0.29) is 23.5 Å². The second-order valence-electron chi connectivity index (χ2n) is 6.64. The van der Waals surface area contributed by atoms with Gasteiger partial charge < -0.3 is 19.8 Å². The number of ether oxygens (including phenoxy) is 1. The third-order valence-corrected chi connectivity index (χ3v) is 4.26. The first-order chi connectivity index (χ1) is 14.5. The van der Waals surface area contributed by atoms with Crippen molar-refractivity contribution in [1.29, 1.82) is 0 Å². The van der Waals surface area contributed by atoms with Crippen LogP contribution in [-0.4, -0.2) is 37.2 Å². The summed E-state index contributed by atoms with van der Waals surface area (Å²) in [6.07, 6.45) is 1.95. The van der Waals surface area contributed by atoms with E-state index in [1.807, 2.05) is 6.92 Å². The van der Waals surface area contributed by atoms with Gasteiger partial charge in [-0.05, 0) is 43.3 Å². The number of nitrogens with one attached hydrogen (secondary N) is 2. The Balaban J connectivity index is 1.42. The normalized spacial score (nSPS) is 12.5. The van der Waals surface area contributed by atoms with Crippen LogP contribution in [-0.2, 0) is 6.42 Å². The zero-order valence-electron chi connectivity index (χ0n) is 16.9. The third kappa shape index (κ3) is 6.04. The van der Waals surface area contributed by atoms with Gasteiger partial charge in [-0.15, -0.1) is 0 Å². The van der Waals surface area contributed by atoms with Crippen molar-refractivity contribution in [1.82, 2.24) is 15.6 Å². The number of para-hydroxylation sites is 1. The molecule has 0 amide bonds. The van der Waals surface area contributed by atoms with Crippen LogP contribution in [0, 0.1) is 11.6 Å². The lowest BCUT2D eigenvalue weighted by Crippen LogP contribution is -2.42. The van der Waals surface area contributed by atoms with Crippen LogP contribution in [0.25, 0.3) is 11.5 Å². The number of hydrogen-bond acceptors (Lipinski definition) is 4. The molecular weight excluding hydrogens is 390 g/mol. The Morgan fingerprint density at radius 2 is 1.90 bits per heavy atom. The molecular formula is C22H24F2N4O2. The number of guanidine groups is 1. The van der Waals surface area contributed by atoms with Crippen molar-refractivity contribution in [2.24, 2.45) is 4.99 Å². The average molecular weight is 414 g/mol. The van der Waals surface area contributed by atoms with Crippen LogP contribution in [0.15, 0.2) is 64.2 Å². The van der Waals surface area contributed by atoms with Crippen LogP contribution < -0.4 is 15.4 Å². The Morgan fingerprint density at radius 1 is 1.13 bits per heavy atom. The highest BCUT2D eigenvalue weighted by atomic mass is 19.1. The van der Waals surface area contributed by atoms with Crippen molar-refractivity contribution in [3.8, 4) is 17.2 Å². The lowest BCUT2D eigenvalue weighted by molar-refractivity contribution is 0.214. The molecule has 2 aromatic carbocycles. The summed E-state index contributed by atoms with van der Waals surface area (Å²) in [7, 11) is 1.67. The zero-order valence-corrected chi connectivity index (χ0v) is 16.9. The van der Waals surface area contributed by atoms with Crippen LogP contribution in [0.4, 0.5) is 8.78 Å². The van der Waals surface area contributed by atoms with E-state index < -0.39 is 0 Å². The molecule has 1 unspecified atom stereocenters. The fourth-order valence-electron chi connectivity index (χ4n) is 2.72. The maximum absolute atomic E-state index is 13.7. The van der Waals surface area contributed by atoms with E-state index in [2.05, 4.69) is 20.6 Å². The highest BCUT2D eigenvalue weighted by Gasteiger charge is 2.10. The molecule has 2 N–H and O–H groups in total. The van der Waals surface area contributed by atoms with Crippen LogP contribution in [0.1, 0.15) is 12.6 Å². The highest BCUT2D eigenvalue weighted by Crippen LogP contribution is 2.19. The molecule has 158 valence electrons. The molecule has 0 saturated carbocycles. The summed E-state index contributed by atoms with van der Waals surface area (Å²) in [5.41, 5.74) is 1.49. The predicted octanol–water partition coefficient (Wildman–Crippen LogP) is 3.79. The SMILES string of the molecule is CN=C(NCCc1coc(-c2ccc(F)cc2)n1)NCC(C)Oc1ccccc1F. The molecule has 3 rings (SSSR count). The summed E-state index contributed by atoms with van der Waals surface area (Å²) in [4.78, 5) is 8.58. The topological polar surface area (TPSA) is 71.7 Å². The molecule has 6 nitrogen and oxygen atoms in total. The van der Waals surface area contributed by atoms with E-state index >= 15 is 0 Å². The maximum Gasteiger partial charge on any atom is 0.226 e. The molecule has 3 aromatic rings. The van der Waals surface area contributed by atoms with E-state index in [4.69, 9.17) is 9.15 Å². The Labute approximate surface area is 174 Å². The molecule has 0 radical (unpaired) electrons. The van der Waals surface area contributed by atoms with E-state index in [0.717, 1.165) is 11.3 Å². The van der Waals surface area contributed by atoms with Gasteiger partial charge in [-0.25, -0.2) is 13.8 Å². The van der Waals surface area contributed by atoms with Gasteiger partial charge in [0.05, 0.1) is 12.2 Å². The summed E-state index contributed by atoms with van der Waals surface area (Å²) in [6.45, 7) is 2.88. The van der Waals surface area contributed by atoms with Crippen molar-refractivity contribution < 1.29 is 17.9 Å². The molecule has 0 aliphatic carbocycles. The van der Waals surface area contributed by atoms with Gasteiger partial charge in [-0.3, -0.25) is 4.99 Å². The van der Waals surface area contributed by atoms with Gasteiger partial charge >= 0.3 is 0 Å². The highest BCUT2D eigenvalue weighted by molar-refractivity contribution is 5.79. The van der Waals surface area contributed by atoms with Crippen LogP contribution in [0.3, 0.4) is 0 Å². The molecule has 0 aliphatic heterocycles. The first-order valence-electron chi connectivity index (χ1n) is 9.61. The summed E-state index contributed by atoms with van der Waals surface area (Å²) in [5, 5.41) is 6.33. The van der Waals surface area contributed by atoms with Gasteiger partial charge in [0, 0.05) is 25.6 Å². The van der Waals surface area contributed by atoms with E-state index in [1.165, 1.54) is 18.2 Å². The fourth-order valence-corrected chi connectivity index (χ4v) is 2.72. The van der Waals surface area contributed by atoms with E-state index in [1.54, 1.807) is 43.6 Å². The summed E-state index contributed by atoms with van der Waals surface area (Å²) >= 11 is 0. The fraction of sp³-hybridized carbons (Fsp3) is 0.273. The van der Waals surface area contributed by atoms with Gasteiger partial charge in [-0.1, -0.05) is 12.1 Å². The Hall–Kier alpha value is -3.42. The second kappa shape index (κ2) is 10.4. The van der Waals surface area contributed by atoms with Crippen LogP contribution in [0.2, 0.25) is 0 Å². The van der Waals surface area contributed by atoms with Crippen molar-refractivity contribution >= 4 is 5.96 Å². The third-order valence-electron chi connectivity index (χ3n) is 4.26. The number of benzene rings is 2. The van der Waals surface area contributed by atoms with Gasteiger partial charge in [-0.2, -0.15) is 0 Å². The molecule has 0 spiro atoms. The molecule has 0 bridgehead atoms. The largest absolute Gasteiger partial charge is 0.486 e. The number of rotatable bonds is 8. The van der Waals surface area contributed by atoms with E-state index in [0.29, 0.717) is 31.4 Å². The van der Waals surface area contributed by atoms with Gasteiger partial charge in [0.25, 0.3) is 0 Å². The number of aromatic nitrogens is 1. The lowest BCUT2D eigenvalue weighted by Gasteiger charge is -2.18. The second-order valence-corrected chi connectivity index (χ2v) is 6.64. The smallest absolute Gasteiger partial charge is 0.226 e. The number of halogens is 2. The molecule has 0 saturated heterocycles. The first kappa shape index (κ1) is 21.3.